The van der Waals surface area contributed by atoms with Crippen molar-refractivity contribution in [3.63, 3.8) is 0 Å². The predicted octanol–water partition coefficient (Wildman–Crippen LogP) is 4.41. The Morgan fingerprint density at radius 3 is 2.33 bits per heavy atom. The number of aromatic nitrogens is 1. The molecular formula is C17H13N. The second-order valence-electron chi connectivity index (χ2n) is 4.17. The lowest BCUT2D eigenvalue weighted by atomic mass is 10.1. The summed E-state index contributed by atoms with van der Waals surface area (Å²) in [6.45, 7) is 0. The van der Waals surface area contributed by atoms with Gasteiger partial charge < -0.3 is 0 Å². The van der Waals surface area contributed by atoms with Gasteiger partial charge in [0.05, 0.1) is 11.2 Å². The Balaban J connectivity index is 1.93. The van der Waals surface area contributed by atoms with Gasteiger partial charge in [0.15, 0.2) is 0 Å². The lowest BCUT2D eigenvalue weighted by Crippen LogP contribution is -1.82. The largest absolute Gasteiger partial charge is 0.248 e. The average Bonchev–Trinajstić information content (AvgIpc) is 2.46. The van der Waals surface area contributed by atoms with E-state index in [1.54, 1.807) is 0 Å². The number of hydrogen-bond donors (Lipinski definition) is 0. The summed E-state index contributed by atoms with van der Waals surface area (Å²) >= 11 is 0. The van der Waals surface area contributed by atoms with Crippen molar-refractivity contribution in [3.05, 3.63) is 78.0 Å². The fraction of sp³-hybridized carbons (Fsp3) is 0. The summed E-state index contributed by atoms with van der Waals surface area (Å²) in [6, 6.07) is 22.6. The van der Waals surface area contributed by atoms with Gasteiger partial charge in [-0.1, -0.05) is 60.7 Å². The maximum absolute atomic E-state index is 4.60. The van der Waals surface area contributed by atoms with Gasteiger partial charge in [-0.3, -0.25) is 0 Å². The summed E-state index contributed by atoms with van der Waals surface area (Å²) in [4.78, 5) is 4.60. The quantitative estimate of drug-likeness (QED) is 0.636. The zero-order valence-corrected chi connectivity index (χ0v) is 9.95. The van der Waals surface area contributed by atoms with E-state index in [9.17, 15) is 0 Å². The van der Waals surface area contributed by atoms with Crippen LogP contribution >= 0.6 is 0 Å². The van der Waals surface area contributed by atoms with Crippen LogP contribution in [-0.4, -0.2) is 4.98 Å². The highest BCUT2D eigenvalue weighted by Gasteiger charge is 1.94. The zero-order valence-electron chi connectivity index (χ0n) is 9.95. The molecule has 0 fully saturated rings. The summed E-state index contributed by atoms with van der Waals surface area (Å²) in [6.07, 6.45) is 4.12. The van der Waals surface area contributed by atoms with Crippen molar-refractivity contribution >= 4 is 23.1 Å². The molecule has 0 atom stereocenters. The Morgan fingerprint density at radius 1 is 0.667 bits per heavy atom. The van der Waals surface area contributed by atoms with E-state index in [1.807, 2.05) is 48.5 Å². The van der Waals surface area contributed by atoms with E-state index in [1.165, 1.54) is 10.9 Å². The number of benzene rings is 2. The molecule has 0 aliphatic carbocycles. The molecule has 1 nitrogen and oxygen atoms in total. The fourth-order valence-electron chi connectivity index (χ4n) is 1.92. The molecule has 1 heteroatoms. The van der Waals surface area contributed by atoms with Gasteiger partial charge in [-0.05, 0) is 23.8 Å². The maximum atomic E-state index is 4.60. The molecule has 0 unspecified atom stereocenters. The van der Waals surface area contributed by atoms with E-state index in [4.69, 9.17) is 0 Å². The van der Waals surface area contributed by atoms with Gasteiger partial charge >= 0.3 is 0 Å². The van der Waals surface area contributed by atoms with E-state index < -0.39 is 0 Å². The van der Waals surface area contributed by atoms with Gasteiger partial charge in [-0.15, -0.1) is 0 Å². The standard InChI is InChI=1S/C17H13N/c1-2-6-14(7-3-1)10-12-16-13-11-15-8-4-5-9-17(15)18-16/h1-13H. The van der Waals surface area contributed by atoms with Gasteiger partial charge in [0.25, 0.3) is 0 Å². The van der Waals surface area contributed by atoms with E-state index in [2.05, 4.69) is 35.3 Å². The Morgan fingerprint density at radius 2 is 1.44 bits per heavy atom. The summed E-state index contributed by atoms with van der Waals surface area (Å²) in [5.74, 6) is 0. The van der Waals surface area contributed by atoms with Gasteiger partial charge in [0.1, 0.15) is 0 Å². The number of rotatable bonds is 2. The first kappa shape index (κ1) is 10.7. The van der Waals surface area contributed by atoms with Crippen LogP contribution in [0.1, 0.15) is 11.3 Å². The second-order valence-corrected chi connectivity index (χ2v) is 4.17. The minimum absolute atomic E-state index is 0.984. The van der Waals surface area contributed by atoms with Crippen molar-refractivity contribution in [2.45, 2.75) is 0 Å². The highest BCUT2D eigenvalue weighted by molar-refractivity contribution is 5.80. The van der Waals surface area contributed by atoms with E-state index in [0.717, 1.165) is 11.2 Å². The molecule has 0 aliphatic rings. The molecule has 0 saturated heterocycles. The van der Waals surface area contributed by atoms with Crippen LogP contribution in [0.25, 0.3) is 23.1 Å². The van der Waals surface area contributed by atoms with Gasteiger partial charge in [-0.2, -0.15) is 0 Å². The molecule has 86 valence electrons. The van der Waals surface area contributed by atoms with Gasteiger partial charge in [0, 0.05) is 5.39 Å². The summed E-state index contributed by atoms with van der Waals surface area (Å²) in [7, 11) is 0. The van der Waals surface area contributed by atoms with Crippen molar-refractivity contribution in [2.75, 3.05) is 0 Å². The van der Waals surface area contributed by atoms with Gasteiger partial charge in [0.2, 0.25) is 0 Å². The topological polar surface area (TPSA) is 12.9 Å². The first-order chi connectivity index (χ1) is 8.92. The Bertz CT molecular complexity index is 684. The third kappa shape index (κ3) is 2.30. The van der Waals surface area contributed by atoms with Crippen LogP contribution in [0.2, 0.25) is 0 Å². The molecule has 0 amide bonds. The molecular weight excluding hydrogens is 218 g/mol. The Labute approximate surface area is 106 Å². The lowest BCUT2D eigenvalue weighted by Gasteiger charge is -1.98. The maximum Gasteiger partial charge on any atom is 0.0709 e. The fourth-order valence-corrected chi connectivity index (χ4v) is 1.92. The summed E-state index contributed by atoms with van der Waals surface area (Å²) in [5, 5.41) is 1.18. The second kappa shape index (κ2) is 4.84. The Kier molecular flexibility index (Phi) is 2.89. The third-order valence-corrected chi connectivity index (χ3v) is 2.87. The molecule has 2 aromatic carbocycles. The highest BCUT2D eigenvalue weighted by atomic mass is 14.7. The molecule has 1 heterocycles. The molecule has 18 heavy (non-hydrogen) atoms. The van der Waals surface area contributed by atoms with Crippen LogP contribution in [0, 0.1) is 0 Å². The minimum Gasteiger partial charge on any atom is -0.248 e. The molecule has 0 bridgehead atoms. The van der Waals surface area contributed by atoms with Crippen molar-refractivity contribution in [1.29, 1.82) is 0 Å². The number of hydrogen-bond acceptors (Lipinski definition) is 1. The molecule has 0 spiro atoms. The van der Waals surface area contributed by atoms with E-state index in [0.29, 0.717) is 0 Å². The lowest BCUT2D eigenvalue weighted by molar-refractivity contribution is 1.37. The zero-order chi connectivity index (χ0) is 12.2. The average molecular weight is 231 g/mol. The van der Waals surface area contributed by atoms with Crippen molar-refractivity contribution in [2.24, 2.45) is 0 Å². The summed E-state index contributed by atoms with van der Waals surface area (Å²) in [5.41, 5.74) is 3.21. The van der Waals surface area contributed by atoms with Crippen molar-refractivity contribution < 1.29 is 0 Å². The molecule has 3 rings (SSSR count). The van der Waals surface area contributed by atoms with Crippen molar-refractivity contribution in [3.8, 4) is 0 Å². The van der Waals surface area contributed by atoms with Crippen LogP contribution in [-0.2, 0) is 0 Å². The first-order valence-corrected chi connectivity index (χ1v) is 6.01. The van der Waals surface area contributed by atoms with Gasteiger partial charge in [-0.25, -0.2) is 4.98 Å². The third-order valence-electron chi connectivity index (χ3n) is 2.87. The molecule has 0 radical (unpaired) electrons. The SMILES string of the molecule is C(=Cc1ccc2ccccc2n1)c1ccccc1. The minimum atomic E-state index is 0.984. The van der Waals surface area contributed by atoms with E-state index >= 15 is 0 Å². The van der Waals surface area contributed by atoms with Crippen LogP contribution in [0.15, 0.2) is 66.7 Å². The van der Waals surface area contributed by atoms with Crippen LogP contribution in [0.5, 0.6) is 0 Å². The van der Waals surface area contributed by atoms with Crippen molar-refractivity contribution in [1.82, 2.24) is 4.98 Å². The smallest absolute Gasteiger partial charge is 0.0709 e. The first-order valence-electron chi connectivity index (χ1n) is 6.01. The van der Waals surface area contributed by atoms with Crippen LogP contribution < -0.4 is 0 Å². The molecule has 0 aliphatic heterocycles. The molecule has 1 aromatic heterocycles. The van der Waals surface area contributed by atoms with Crippen LogP contribution in [0.3, 0.4) is 0 Å². The van der Waals surface area contributed by atoms with E-state index in [-0.39, 0.29) is 0 Å². The predicted molar refractivity (Wildman–Crippen MR) is 77.1 cm³/mol. The Hall–Kier alpha value is -2.41. The molecule has 3 aromatic rings. The number of fused-ring (bicyclic) bond motifs is 1. The van der Waals surface area contributed by atoms with Crippen LogP contribution in [0.4, 0.5) is 0 Å². The number of pyridine rings is 1. The number of nitrogens with zero attached hydrogens (tertiary/aromatic N) is 1. The monoisotopic (exact) mass is 231 g/mol. The summed E-state index contributed by atoms with van der Waals surface area (Å²) < 4.78 is 0. The number of para-hydroxylation sites is 1. The molecule has 0 N–H and O–H groups in total. The highest BCUT2D eigenvalue weighted by Crippen LogP contribution is 2.13. The normalized spacial score (nSPS) is 11.1. The molecule has 0 saturated carbocycles.